The number of hydrogen-bond acceptors (Lipinski definition) is 2. The Morgan fingerprint density at radius 2 is 1.81 bits per heavy atom. The number of alkyl halides is 1. The summed E-state index contributed by atoms with van der Waals surface area (Å²) in [5.41, 5.74) is 3.19. The number of benzene rings is 1. The fourth-order valence-electron chi connectivity index (χ4n) is 6.62. The maximum atomic E-state index is 13.0. The highest BCUT2D eigenvalue weighted by molar-refractivity contribution is 6.24. The molecule has 144 valence electrons. The summed E-state index contributed by atoms with van der Waals surface area (Å²) < 4.78 is 0. The zero-order chi connectivity index (χ0) is 18.6. The van der Waals surface area contributed by atoms with Gasteiger partial charge in [0, 0.05) is 10.6 Å². The van der Waals surface area contributed by atoms with Crippen molar-refractivity contribution in [2.45, 2.75) is 62.7 Å². The molecule has 5 aliphatic carbocycles. The van der Waals surface area contributed by atoms with E-state index < -0.39 is 0 Å². The number of halogens is 1. The van der Waals surface area contributed by atoms with Crippen molar-refractivity contribution < 1.29 is 9.59 Å². The van der Waals surface area contributed by atoms with E-state index in [2.05, 4.69) is 22.8 Å². The van der Waals surface area contributed by atoms with E-state index in [0.717, 1.165) is 50.6 Å². The molecule has 4 fully saturated rings. The van der Waals surface area contributed by atoms with Crippen molar-refractivity contribution in [1.29, 1.82) is 0 Å². The Hall–Kier alpha value is -1.55. The zero-order valence-electron chi connectivity index (χ0n) is 15.7. The fourth-order valence-corrected chi connectivity index (χ4v) is 7.31. The van der Waals surface area contributed by atoms with Gasteiger partial charge in [0.1, 0.15) is 0 Å². The van der Waals surface area contributed by atoms with Gasteiger partial charge in [0.15, 0.2) is 0 Å². The molecule has 4 bridgehead atoms. The Morgan fingerprint density at radius 1 is 1.07 bits per heavy atom. The number of aryl methyl sites for hydroxylation is 2. The van der Waals surface area contributed by atoms with Gasteiger partial charge in [-0.05, 0) is 92.9 Å². The molecule has 4 atom stereocenters. The number of nitrogens with one attached hydrogen (secondary N) is 2. The molecule has 2 unspecified atom stereocenters. The van der Waals surface area contributed by atoms with Crippen molar-refractivity contribution in [2.75, 3.05) is 11.9 Å². The van der Waals surface area contributed by atoms with Crippen LogP contribution in [0.2, 0.25) is 0 Å². The van der Waals surface area contributed by atoms with E-state index >= 15 is 0 Å². The number of carbonyl (C=O) groups excluding carboxylic acids is 2. The monoisotopic (exact) mass is 386 g/mol. The Balaban J connectivity index is 1.20. The van der Waals surface area contributed by atoms with Gasteiger partial charge in [-0.15, -0.1) is 11.6 Å². The molecule has 2 amide bonds. The van der Waals surface area contributed by atoms with Crippen molar-refractivity contribution in [3.8, 4) is 0 Å². The molecule has 0 heterocycles. The van der Waals surface area contributed by atoms with Crippen LogP contribution in [0.15, 0.2) is 18.2 Å². The van der Waals surface area contributed by atoms with Gasteiger partial charge in [-0.2, -0.15) is 0 Å². The lowest BCUT2D eigenvalue weighted by Gasteiger charge is -2.59. The zero-order valence-corrected chi connectivity index (χ0v) is 16.4. The summed E-state index contributed by atoms with van der Waals surface area (Å²) in [7, 11) is 0. The summed E-state index contributed by atoms with van der Waals surface area (Å²) in [4.78, 5) is 25.2. The van der Waals surface area contributed by atoms with Gasteiger partial charge in [0.05, 0.1) is 12.0 Å². The summed E-state index contributed by atoms with van der Waals surface area (Å²) in [6.45, 7) is 0.0300. The third kappa shape index (κ3) is 3.16. The Morgan fingerprint density at radius 3 is 2.56 bits per heavy atom. The van der Waals surface area contributed by atoms with Crippen LogP contribution in [0, 0.1) is 17.3 Å². The van der Waals surface area contributed by atoms with E-state index in [0.29, 0.717) is 11.8 Å². The molecule has 0 radical (unpaired) electrons. The van der Waals surface area contributed by atoms with Gasteiger partial charge in [0.2, 0.25) is 11.8 Å². The third-order valence-corrected chi connectivity index (χ3v) is 7.71. The number of fused-ring (bicyclic) bond motifs is 1. The molecule has 4 nitrogen and oxygen atoms in total. The van der Waals surface area contributed by atoms with E-state index in [1.165, 1.54) is 24.0 Å². The minimum Gasteiger partial charge on any atom is -0.347 e. The molecule has 0 spiro atoms. The van der Waals surface area contributed by atoms with Gasteiger partial charge < -0.3 is 10.6 Å². The lowest BCUT2D eigenvalue weighted by Crippen LogP contribution is -2.58. The van der Waals surface area contributed by atoms with E-state index in [9.17, 15) is 9.59 Å². The van der Waals surface area contributed by atoms with Gasteiger partial charge in [-0.1, -0.05) is 6.07 Å². The average Bonchev–Trinajstić information content (AvgIpc) is 3.05. The van der Waals surface area contributed by atoms with E-state index in [-0.39, 0.29) is 28.6 Å². The first-order chi connectivity index (χ1) is 12.9. The average molecular weight is 387 g/mol. The van der Waals surface area contributed by atoms with Crippen LogP contribution < -0.4 is 10.6 Å². The van der Waals surface area contributed by atoms with Gasteiger partial charge >= 0.3 is 0 Å². The molecule has 5 aliphatic rings. The predicted molar refractivity (Wildman–Crippen MR) is 106 cm³/mol. The highest BCUT2D eigenvalue weighted by Gasteiger charge is 2.60. The second-order valence-corrected chi connectivity index (χ2v) is 10.3. The maximum Gasteiger partial charge on any atom is 0.243 e. The number of hydrogen-bond donors (Lipinski definition) is 2. The van der Waals surface area contributed by atoms with E-state index in [4.69, 9.17) is 11.6 Å². The quantitative estimate of drug-likeness (QED) is 0.773. The molecule has 1 aromatic carbocycles. The third-order valence-electron chi connectivity index (χ3n) is 7.26. The molecular weight excluding hydrogens is 360 g/mol. The number of anilines is 1. The molecule has 6 rings (SSSR count). The van der Waals surface area contributed by atoms with Crippen LogP contribution in [0.25, 0.3) is 0 Å². The standard InChI is InChI=1S/C22H27ClN2O2/c23-22-10-14-6-15(11-22)9-21(8-14,13-22)20(27)24-12-19(26)25-18-5-4-16-2-1-3-17(16)7-18/h4-5,7,14-15H,1-3,6,8-13H2,(H,24,27)(H,25,26)/t14-,15+,21?,22?. The minimum absolute atomic E-state index is 0.0300. The highest BCUT2D eigenvalue weighted by atomic mass is 35.5. The normalized spacial score (nSPS) is 35.7. The molecule has 0 aliphatic heterocycles. The molecule has 5 heteroatoms. The first-order valence-corrected chi connectivity index (χ1v) is 10.7. The second-order valence-electron chi connectivity index (χ2n) is 9.46. The molecule has 1 aromatic rings. The van der Waals surface area contributed by atoms with E-state index in [1.807, 2.05) is 6.07 Å². The Bertz CT molecular complexity index is 792. The lowest BCUT2D eigenvalue weighted by molar-refractivity contribution is -0.145. The van der Waals surface area contributed by atoms with Crippen molar-refractivity contribution in [3.05, 3.63) is 29.3 Å². The summed E-state index contributed by atoms with van der Waals surface area (Å²) in [5.74, 6) is 1.03. The Kier molecular flexibility index (Phi) is 4.05. The molecule has 2 N–H and O–H groups in total. The highest BCUT2D eigenvalue weighted by Crippen LogP contribution is 2.63. The topological polar surface area (TPSA) is 58.2 Å². The van der Waals surface area contributed by atoms with Crippen LogP contribution in [0.3, 0.4) is 0 Å². The molecular formula is C22H27ClN2O2. The minimum atomic E-state index is -0.348. The number of carbonyl (C=O) groups is 2. The van der Waals surface area contributed by atoms with Gasteiger partial charge in [-0.25, -0.2) is 0 Å². The molecule has 0 saturated heterocycles. The van der Waals surface area contributed by atoms with E-state index in [1.54, 1.807) is 0 Å². The SMILES string of the molecule is O=C(CNC(=O)C12C[C@@H]3C[C@@H](CC(Cl)(C3)C1)C2)Nc1ccc2c(c1)CCC2. The van der Waals surface area contributed by atoms with Gasteiger partial charge in [0.25, 0.3) is 0 Å². The van der Waals surface area contributed by atoms with Crippen LogP contribution in [0.1, 0.15) is 56.1 Å². The summed E-state index contributed by atoms with van der Waals surface area (Å²) >= 11 is 6.82. The first-order valence-electron chi connectivity index (χ1n) is 10.3. The lowest BCUT2D eigenvalue weighted by atomic mass is 9.49. The van der Waals surface area contributed by atoms with Crippen LogP contribution >= 0.6 is 11.6 Å². The summed E-state index contributed by atoms with van der Waals surface area (Å²) in [6.07, 6.45) is 9.39. The van der Waals surface area contributed by atoms with Crippen LogP contribution in [-0.2, 0) is 22.4 Å². The number of rotatable bonds is 4. The first kappa shape index (κ1) is 17.5. The van der Waals surface area contributed by atoms with Crippen molar-refractivity contribution in [1.82, 2.24) is 5.32 Å². The predicted octanol–water partition coefficient (Wildman–Crippen LogP) is 3.81. The summed E-state index contributed by atoms with van der Waals surface area (Å²) in [5, 5.41) is 5.85. The van der Waals surface area contributed by atoms with Crippen molar-refractivity contribution in [2.24, 2.45) is 17.3 Å². The molecule has 4 saturated carbocycles. The smallest absolute Gasteiger partial charge is 0.243 e. The van der Waals surface area contributed by atoms with Crippen LogP contribution in [0.4, 0.5) is 5.69 Å². The molecule has 0 aromatic heterocycles. The van der Waals surface area contributed by atoms with Gasteiger partial charge in [-0.3, -0.25) is 9.59 Å². The molecule has 27 heavy (non-hydrogen) atoms. The van der Waals surface area contributed by atoms with Crippen LogP contribution in [0.5, 0.6) is 0 Å². The maximum absolute atomic E-state index is 13.0. The Labute approximate surface area is 165 Å². The van der Waals surface area contributed by atoms with Crippen molar-refractivity contribution in [3.63, 3.8) is 0 Å². The number of amides is 2. The summed E-state index contributed by atoms with van der Waals surface area (Å²) in [6, 6.07) is 6.13. The van der Waals surface area contributed by atoms with Crippen LogP contribution in [-0.4, -0.2) is 23.2 Å². The largest absolute Gasteiger partial charge is 0.347 e. The van der Waals surface area contributed by atoms with Crippen molar-refractivity contribution >= 4 is 29.1 Å². The second kappa shape index (κ2) is 6.23. The fraction of sp³-hybridized carbons (Fsp3) is 0.636.